The average molecular weight is 696 g/mol. The van der Waals surface area contributed by atoms with Crippen LogP contribution in [-0.2, 0) is 26.7 Å². The molecule has 0 bridgehead atoms. The molecule has 0 radical (unpaired) electrons. The Morgan fingerprint density at radius 3 is 2.24 bits per heavy atom. The Labute approximate surface area is 295 Å². The van der Waals surface area contributed by atoms with Gasteiger partial charge in [0.05, 0.1) is 51.6 Å². The van der Waals surface area contributed by atoms with Gasteiger partial charge in [-0.2, -0.15) is 13.2 Å². The van der Waals surface area contributed by atoms with Crippen molar-refractivity contribution in [1.82, 2.24) is 0 Å². The van der Waals surface area contributed by atoms with Crippen molar-refractivity contribution < 1.29 is 36.9 Å². The highest BCUT2D eigenvalue weighted by Gasteiger charge is 2.46. The third kappa shape index (κ3) is 5.19. The molecule has 0 spiro atoms. The third-order valence-corrected chi connectivity index (χ3v) is 11.0. The number of fused-ring (bicyclic) bond motifs is 8. The van der Waals surface area contributed by atoms with Crippen LogP contribution in [0.3, 0.4) is 0 Å². The molecule has 8 rings (SSSR count). The van der Waals surface area contributed by atoms with Gasteiger partial charge in [-0.15, -0.1) is 0 Å². The molecule has 51 heavy (non-hydrogen) atoms. The monoisotopic (exact) mass is 695 g/mol. The smallest absolute Gasteiger partial charge is 0.416 e. The summed E-state index contributed by atoms with van der Waals surface area (Å²) in [6.07, 6.45) is 5.23. The Morgan fingerprint density at radius 2 is 1.59 bits per heavy atom. The first kappa shape index (κ1) is 33.3. The largest absolute Gasteiger partial charge is 0.501 e. The number of hydrogen-bond donors (Lipinski definition) is 0. The molecule has 0 saturated carbocycles. The second-order valence-electron chi connectivity index (χ2n) is 14.0. The summed E-state index contributed by atoms with van der Waals surface area (Å²) >= 11 is 0. The van der Waals surface area contributed by atoms with Crippen molar-refractivity contribution in [3.8, 4) is 28.4 Å². The van der Waals surface area contributed by atoms with E-state index >= 15 is 0 Å². The molecule has 1 fully saturated rings. The van der Waals surface area contributed by atoms with Crippen LogP contribution >= 0.6 is 0 Å². The first-order chi connectivity index (χ1) is 24.5. The van der Waals surface area contributed by atoms with Crippen LogP contribution in [-0.4, -0.2) is 47.6 Å². The van der Waals surface area contributed by atoms with Crippen LogP contribution in [0.2, 0.25) is 0 Å². The number of methoxy groups -OCH3 is 3. The molecule has 9 heteroatoms. The number of rotatable bonds is 6. The van der Waals surface area contributed by atoms with Crippen LogP contribution in [0.1, 0.15) is 54.5 Å². The fourth-order valence-electron chi connectivity index (χ4n) is 8.34. The van der Waals surface area contributed by atoms with Gasteiger partial charge in [0.1, 0.15) is 17.2 Å². The molecule has 2 aliphatic carbocycles. The van der Waals surface area contributed by atoms with Gasteiger partial charge in [-0.3, -0.25) is 0 Å². The summed E-state index contributed by atoms with van der Waals surface area (Å²) in [5.41, 5.74) is 4.62. The molecule has 2 aliphatic heterocycles. The normalized spacial score (nSPS) is 20.5. The number of halogens is 3. The maximum absolute atomic E-state index is 14.1. The zero-order valence-electron chi connectivity index (χ0n) is 29.4. The molecule has 1 unspecified atom stereocenters. The fourth-order valence-corrected chi connectivity index (χ4v) is 8.34. The van der Waals surface area contributed by atoms with Crippen molar-refractivity contribution in [2.24, 2.45) is 0 Å². The van der Waals surface area contributed by atoms with Gasteiger partial charge in [0.2, 0.25) is 0 Å². The lowest BCUT2D eigenvalue weighted by atomic mass is 9.75. The number of nitrogens with zero attached hydrogens (tertiary/aromatic N) is 1. The molecular formula is C42H40F3NO5. The Morgan fingerprint density at radius 1 is 0.824 bits per heavy atom. The Kier molecular flexibility index (Phi) is 7.90. The number of alkyl halides is 3. The van der Waals surface area contributed by atoms with Gasteiger partial charge in [-0.25, -0.2) is 0 Å². The summed E-state index contributed by atoms with van der Waals surface area (Å²) in [6.45, 7) is 6.58. The van der Waals surface area contributed by atoms with Crippen LogP contribution in [0, 0.1) is 0 Å². The predicted octanol–water partition coefficient (Wildman–Crippen LogP) is 9.57. The first-order valence-electron chi connectivity index (χ1n) is 17.2. The van der Waals surface area contributed by atoms with Crippen molar-refractivity contribution in [3.63, 3.8) is 0 Å². The lowest BCUT2D eigenvalue weighted by molar-refractivity contribution is -0.137. The molecular weight excluding hydrogens is 655 g/mol. The van der Waals surface area contributed by atoms with Crippen molar-refractivity contribution >= 4 is 22.5 Å². The van der Waals surface area contributed by atoms with Crippen molar-refractivity contribution in [3.05, 3.63) is 112 Å². The number of hydrogen-bond acceptors (Lipinski definition) is 6. The van der Waals surface area contributed by atoms with E-state index in [9.17, 15) is 13.2 Å². The molecule has 1 saturated heterocycles. The maximum atomic E-state index is 14.1. The summed E-state index contributed by atoms with van der Waals surface area (Å²) in [4.78, 5) is 2.25. The van der Waals surface area contributed by atoms with E-state index in [1.165, 1.54) is 12.1 Å². The minimum absolute atomic E-state index is 0.589. The highest BCUT2D eigenvalue weighted by atomic mass is 19.4. The van der Waals surface area contributed by atoms with Crippen molar-refractivity contribution in [1.29, 1.82) is 0 Å². The van der Waals surface area contributed by atoms with E-state index in [0.29, 0.717) is 49.8 Å². The van der Waals surface area contributed by atoms with Crippen molar-refractivity contribution in [2.75, 3.05) is 52.5 Å². The number of ether oxygens (including phenoxy) is 5. The number of morpholine rings is 1. The molecule has 1 atom stereocenters. The van der Waals surface area contributed by atoms with E-state index in [2.05, 4.69) is 29.2 Å². The van der Waals surface area contributed by atoms with E-state index < -0.39 is 22.8 Å². The molecule has 4 aliphatic rings. The van der Waals surface area contributed by atoms with Crippen LogP contribution in [0.4, 0.5) is 18.9 Å². The lowest BCUT2D eigenvalue weighted by Gasteiger charge is -2.40. The minimum atomic E-state index is -4.47. The summed E-state index contributed by atoms with van der Waals surface area (Å²) in [5, 5.41) is 1.73. The standard InChI is InChI=1S/C42H40F3NO5/c1-40(2)34-22-27(42(43,44)45)10-15-30(34)37-32-23-35(46-18-20-50-21-19-46)36(49-5)24-33(32)39-31(38(37)40)16-17-41(51-39,25-6-11-28(47-3)12-7-25)26-8-13-29(48-4)14-9-26/h6-8,10-13,15-17,22-24H,9,14,18-21H2,1-5H3. The number of benzene rings is 4. The van der Waals surface area contributed by atoms with Gasteiger partial charge in [-0.05, 0) is 88.2 Å². The Bertz CT molecular complexity index is 2140. The quantitative estimate of drug-likeness (QED) is 0.200. The molecule has 4 aromatic carbocycles. The summed E-state index contributed by atoms with van der Waals surface area (Å²) in [7, 11) is 4.98. The fraction of sp³-hybridized carbons (Fsp3) is 0.333. The van der Waals surface area contributed by atoms with Gasteiger partial charge in [0.25, 0.3) is 0 Å². The molecule has 4 aromatic rings. The van der Waals surface area contributed by atoms with E-state index in [4.69, 9.17) is 23.7 Å². The molecule has 0 amide bonds. The van der Waals surface area contributed by atoms with Gasteiger partial charge in [0.15, 0.2) is 5.60 Å². The highest BCUT2D eigenvalue weighted by Crippen LogP contribution is 2.60. The van der Waals surface area contributed by atoms with Gasteiger partial charge in [0, 0.05) is 41.4 Å². The summed E-state index contributed by atoms with van der Waals surface area (Å²) in [5.74, 6) is 2.97. The number of allylic oxidation sites excluding steroid dienone is 3. The zero-order valence-corrected chi connectivity index (χ0v) is 29.4. The molecule has 0 aromatic heterocycles. The second kappa shape index (κ2) is 12.1. The summed E-state index contributed by atoms with van der Waals surface area (Å²) < 4.78 is 72.7. The maximum Gasteiger partial charge on any atom is 0.416 e. The van der Waals surface area contributed by atoms with Gasteiger partial charge < -0.3 is 28.6 Å². The third-order valence-electron chi connectivity index (χ3n) is 11.0. The minimum Gasteiger partial charge on any atom is -0.501 e. The van der Waals surface area contributed by atoms with Crippen LogP contribution in [0.15, 0.2) is 84.2 Å². The lowest BCUT2D eigenvalue weighted by Crippen LogP contribution is -2.37. The van der Waals surface area contributed by atoms with Crippen LogP contribution < -0.4 is 19.1 Å². The Balaban J connectivity index is 1.43. The van der Waals surface area contributed by atoms with E-state index in [1.54, 1.807) is 27.4 Å². The van der Waals surface area contributed by atoms with Gasteiger partial charge in [-0.1, -0.05) is 44.2 Å². The average Bonchev–Trinajstić information content (AvgIpc) is 3.40. The molecule has 2 heterocycles. The first-order valence-corrected chi connectivity index (χ1v) is 17.2. The SMILES string of the molecule is COC1=CC=C(C2(c3ccc(OC)cc3)C=Cc3c4c(c5cc(N6CCOCC6)c(OC)cc5c3O2)-c2ccc(C(F)(F)F)cc2C4(C)C)CC1. The molecule has 6 nitrogen and oxygen atoms in total. The molecule has 264 valence electrons. The van der Waals surface area contributed by atoms with E-state index in [1.807, 2.05) is 50.3 Å². The van der Waals surface area contributed by atoms with Crippen LogP contribution in [0.5, 0.6) is 17.2 Å². The zero-order chi connectivity index (χ0) is 35.7. The summed E-state index contributed by atoms with van der Waals surface area (Å²) in [6, 6.07) is 16.2. The van der Waals surface area contributed by atoms with Crippen molar-refractivity contribution in [2.45, 2.75) is 43.9 Å². The highest BCUT2D eigenvalue weighted by molar-refractivity contribution is 6.10. The predicted molar refractivity (Wildman–Crippen MR) is 193 cm³/mol. The number of anilines is 1. The Hall–Kier alpha value is -4.89. The van der Waals surface area contributed by atoms with E-state index in [0.717, 1.165) is 67.8 Å². The van der Waals surface area contributed by atoms with Gasteiger partial charge >= 0.3 is 6.18 Å². The second-order valence-corrected chi connectivity index (χ2v) is 14.0. The topological polar surface area (TPSA) is 49.4 Å². The van der Waals surface area contributed by atoms with E-state index in [-0.39, 0.29) is 0 Å². The molecule has 0 N–H and O–H groups in total. The van der Waals surface area contributed by atoms with Crippen LogP contribution in [0.25, 0.3) is 28.0 Å².